The number of nitrogens with zero attached hydrogens (tertiary/aromatic N) is 1. The van der Waals surface area contributed by atoms with Crippen LogP contribution in [0.5, 0.6) is 5.75 Å². The molecule has 3 nitrogen and oxygen atoms in total. The van der Waals surface area contributed by atoms with Gasteiger partial charge in [0.2, 0.25) is 0 Å². The molecule has 0 fully saturated rings. The van der Waals surface area contributed by atoms with Gasteiger partial charge in [-0.05, 0) is 32.4 Å². The highest BCUT2D eigenvalue weighted by Gasteiger charge is 2.16. The average Bonchev–Trinajstić information content (AvgIpc) is 2.18. The maximum atomic E-state index is 5.74. The monoisotopic (exact) mass is 224 g/mol. The molecule has 0 radical (unpaired) electrons. The summed E-state index contributed by atoms with van der Waals surface area (Å²) in [6, 6.07) is 3.60. The number of pyridine rings is 1. The molecule has 0 spiro atoms. The van der Waals surface area contributed by atoms with Crippen molar-refractivity contribution in [3.8, 4) is 5.75 Å². The molecule has 0 aliphatic carbocycles. The zero-order valence-electron chi connectivity index (χ0n) is 9.28. The zero-order valence-corrected chi connectivity index (χ0v) is 10.1. The lowest BCUT2D eigenvalue weighted by Crippen LogP contribution is -2.26. The van der Waals surface area contributed by atoms with E-state index in [1.807, 2.05) is 19.9 Å². The fraction of sp³-hybridized carbons (Fsp3) is 0.455. The highest BCUT2D eigenvalue weighted by Crippen LogP contribution is 2.19. The predicted octanol–water partition coefficient (Wildman–Crippen LogP) is 2.28. The van der Waals surface area contributed by atoms with Gasteiger partial charge in [0.05, 0.1) is 11.9 Å². The summed E-state index contributed by atoms with van der Waals surface area (Å²) in [6.07, 6.45) is 2.58. The lowest BCUT2D eigenvalue weighted by molar-refractivity contribution is 0.105. The lowest BCUT2D eigenvalue weighted by Gasteiger charge is -2.24. The number of rotatable bonds is 4. The molecule has 15 heavy (non-hydrogen) atoms. The third kappa shape index (κ3) is 3.47. The number of hydrogen-bond acceptors (Lipinski definition) is 3. The van der Waals surface area contributed by atoms with Crippen LogP contribution in [0.4, 0.5) is 0 Å². The first kappa shape index (κ1) is 11.9. The summed E-state index contributed by atoms with van der Waals surface area (Å²) in [4.78, 5) is 4.41. The van der Waals surface area contributed by atoms with Crippen LogP contribution in [0.15, 0.2) is 18.3 Å². The van der Waals surface area contributed by atoms with E-state index in [9.17, 15) is 0 Å². The smallest absolute Gasteiger partial charge is 0.138 e. The van der Waals surface area contributed by atoms with E-state index in [4.69, 9.17) is 22.7 Å². The SMILES string of the molecule is CCC(C)(C)Oc1ccc(C(N)=S)nc1. The van der Waals surface area contributed by atoms with Crippen molar-refractivity contribution in [2.75, 3.05) is 0 Å². The number of thiocarbonyl (C=S) groups is 1. The zero-order chi connectivity index (χ0) is 11.5. The number of hydrogen-bond donors (Lipinski definition) is 1. The number of nitrogens with two attached hydrogens (primary N) is 1. The third-order valence-corrected chi connectivity index (χ3v) is 2.44. The highest BCUT2D eigenvalue weighted by atomic mass is 32.1. The van der Waals surface area contributed by atoms with Crippen LogP contribution < -0.4 is 10.5 Å². The maximum absolute atomic E-state index is 5.74. The third-order valence-electron chi connectivity index (χ3n) is 2.23. The van der Waals surface area contributed by atoms with Gasteiger partial charge in [0.25, 0.3) is 0 Å². The van der Waals surface area contributed by atoms with E-state index in [0.717, 1.165) is 12.2 Å². The van der Waals surface area contributed by atoms with Gasteiger partial charge in [0.15, 0.2) is 0 Å². The molecule has 1 aromatic rings. The molecule has 0 aromatic carbocycles. The van der Waals surface area contributed by atoms with Crippen molar-refractivity contribution < 1.29 is 4.74 Å². The van der Waals surface area contributed by atoms with Crippen LogP contribution in [-0.2, 0) is 0 Å². The molecule has 4 heteroatoms. The van der Waals surface area contributed by atoms with E-state index >= 15 is 0 Å². The van der Waals surface area contributed by atoms with Gasteiger partial charge in [-0.2, -0.15) is 0 Å². The molecular weight excluding hydrogens is 208 g/mol. The molecule has 0 aliphatic rings. The van der Waals surface area contributed by atoms with E-state index in [-0.39, 0.29) is 5.60 Å². The van der Waals surface area contributed by atoms with E-state index in [2.05, 4.69) is 11.9 Å². The van der Waals surface area contributed by atoms with Gasteiger partial charge < -0.3 is 10.5 Å². The van der Waals surface area contributed by atoms with Crippen LogP contribution in [0.2, 0.25) is 0 Å². The normalized spacial score (nSPS) is 11.1. The Morgan fingerprint density at radius 2 is 2.20 bits per heavy atom. The van der Waals surface area contributed by atoms with Crippen molar-refractivity contribution in [2.45, 2.75) is 32.8 Å². The van der Waals surface area contributed by atoms with Crippen LogP contribution in [0, 0.1) is 0 Å². The predicted molar refractivity (Wildman–Crippen MR) is 65.1 cm³/mol. The Hall–Kier alpha value is -1.16. The van der Waals surface area contributed by atoms with Crippen molar-refractivity contribution in [3.05, 3.63) is 24.0 Å². The summed E-state index contributed by atoms with van der Waals surface area (Å²) < 4.78 is 5.74. The van der Waals surface area contributed by atoms with Gasteiger partial charge in [0.1, 0.15) is 16.3 Å². The van der Waals surface area contributed by atoms with E-state index in [0.29, 0.717) is 10.7 Å². The molecule has 0 atom stereocenters. The molecule has 82 valence electrons. The van der Waals surface area contributed by atoms with Gasteiger partial charge in [-0.25, -0.2) is 4.98 Å². The molecule has 0 saturated carbocycles. The second-order valence-electron chi connectivity index (χ2n) is 3.96. The van der Waals surface area contributed by atoms with Gasteiger partial charge >= 0.3 is 0 Å². The maximum Gasteiger partial charge on any atom is 0.138 e. The molecule has 0 unspecified atom stereocenters. The quantitative estimate of drug-likeness (QED) is 0.797. The van der Waals surface area contributed by atoms with Crippen molar-refractivity contribution in [1.29, 1.82) is 0 Å². The van der Waals surface area contributed by atoms with Crippen molar-refractivity contribution in [2.24, 2.45) is 5.73 Å². The van der Waals surface area contributed by atoms with E-state index in [1.165, 1.54) is 0 Å². The Bertz CT molecular complexity index is 346. The van der Waals surface area contributed by atoms with Gasteiger partial charge in [0, 0.05) is 0 Å². The second-order valence-corrected chi connectivity index (χ2v) is 4.40. The summed E-state index contributed by atoms with van der Waals surface area (Å²) in [5.41, 5.74) is 5.89. The number of ether oxygens (including phenoxy) is 1. The van der Waals surface area contributed by atoms with E-state index < -0.39 is 0 Å². The van der Waals surface area contributed by atoms with Gasteiger partial charge in [-0.3, -0.25) is 0 Å². The Morgan fingerprint density at radius 1 is 1.53 bits per heavy atom. The van der Waals surface area contributed by atoms with Gasteiger partial charge in [-0.15, -0.1) is 0 Å². The summed E-state index contributed by atoms with van der Waals surface area (Å²) >= 11 is 4.81. The fourth-order valence-corrected chi connectivity index (χ4v) is 1.10. The first-order valence-corrected chi connectivity index (χ1v) is 5.30. The molecule has 0 bridgehead atoms. The molecule has 1 heterocycles. The van der Waals surface area contributed by atoms with Gasteiger partial charge in [-0.1, -0.05) is 19.1 Å². The largest absolute Gasteiger partial charge is 0.486 e. The molecule has 1 rings (SSSR count). The van der Waals surface area contributed by atoms with E-state index in [1.54, 1.807) is 12.3 Å². The molecule has 2 N–H and O–H groups in total. The van der Waals surface area contributed by atoms with Crippen molar-refractivity contribution in [1.82, 2.24) is 4.98 Å². The van der Waals surface area contributed by atoms with Crippen LogP contribution in [0.3, 0.4) is 0 Å². The van der Waals surface area contributed by atoms with Crippen molar-refractivity contribution >= 4 is 17.2 Å². The molecule has 0 aliphatic heterocycles. The highest BCUT2D eigenvalue weighted by molar-refractivity contribution is 7.80. The summed E-state index contributed by atoms with van der Waals surface area (Å²) in [5.74, 6) is 0.738. The molecular formula is C11H16N2OS. The van der Waals surface area contributed by atoms with Crippen molar-refractivity contribution in [3.63, 3.8) is 0 Å². The van der Waals surface area contributed by atoms with Crippen LogP contribution in [0.25, 0.3) is 0 Å². The Balaban J connectivity index is 2.77. The van der Waals surface area contributed by atoms with Crippen LogP contribution in [0.1, 0.15) is 32.9 Å². The average molecular weight is 224 g/mol. The summed E-state index contributed by atoms with van der Waals surface area (Å²) in [6.45, 7) is 6.15. The summed E-state index contributed by atoms with van der Waals surface area (Å²) in [7, 11) is 0. The standard InChI is InChI=1S/C11H16N2OS/c1-4-11(2,3)14-8-5-6-9(10(12)15)13-7-8/h5-7H,4H2,1-3H3,(H2,12,15). The van der Waals surface area contributed by atoms with Crippen LogP contribution in [-0.4, -0.2) is 15.6 Å². The Labute approximate surface area is 95.7 Å². The number of aromatic nitrogens is 1. The lowest BCUT2D eigenvalue weighted by atomic mass is 10.1. The minimum Gasteiger partial charge on any atom is -0.486 e. The summed E-state index contributed by atoms with van der Waals surface area (Å²) in [5, 5.41) is 0. The Morgan fingerprint density at radius 3 is 2.60 bits per heavy atom. The second kappa shape index (κ2) is 4.57. The first-order chi connectivity index (χ1) is 6.94. The molecule has 1 aromatic heterocycles. The molecule has 0 amide bonds. The fourth-order valence-electron chi connectivity index (χ4n) is 0.978. The minimum atomic E-state index is -0.174. The molecule has 0 saturated heterocycles. The minimum absolute atomic E-state index is 0.174. The topological polar surface area (TPSA) is 48.1 Å². The first-order valence-electron chi connectivity index (χ1n) is 4.89. The van der Waals surface area contributed by atoms with Crippen LogP contribution >= 0.6 is 12.2 Å². The Kier molecular flexibility index (Phi) is 3.63.